The molecule has 0 radical (unpaired) electrons. The first-order chi connectivity index (χ1) is 14.8. The van der Waals surface area contributed by atoms with E-state index in [0.717, 1.165) is 30.3 Å². The van der Waals surface area contributed by atoms with Crippen molar-refractivity contribution in [3.63, 3.8) is 0 Å². The lowest BCUT2D eigenvalue weighted by molar-refractivity contribution is 0.417. The number of aromatic amines is 1. The van der Waals surface area contributed by atoms with Crippen LogP contribution in [0.3, 0.4) is 0 Å². The number of aromatic nitrogens is 3. The minimum atomic E-state index is -4.14. The molecule has 2 heterocycles. The van der Waals surface area contributed by atoms with Gasteiger partial charge in [0.1, 0.15) is 16.5 Å². The van der Waals surface area contributed by atoms with Crippen molar-refractivity contribution in [3.05, 3.63) is 52.9 Å². The Kier molecular flexibility index (Phi) is 5.46. The van der Waals surface area contributed by atoms with Gasteiger partial charge in [0.25, 0.3) is 10.0 Å². The van der Waals surface area contributed by atoms with Gasteiger partial charge in [0.2, 0.25) is 0 Å². The molecule has 0 aliphatic heterocycles. The Bertz CT molecular complexity index is 1370. The van der Waals surface area contributed by atoms with Crippen molar-refractivity contribution >= 4 is 49.9 Å². The van der Waals surface area contributed by atoms with Crippen LogP contribution in [0, 0.1) is 5.82 Å². The topological polar surface area (TPSA) is 122 Å². The number of aryl methyl sites for hydroxylation is 1. The first-order valence-electron chi connectivity index (χ1n) is 9.07. The standard InChI is InChI=1S/C19H17ClFN5O4S/c1-3-11-7-18(24-23-11)22-14-9-15-12(8-16(14)29-2)19(25-30-15)26-31(27,28)17-5-4-10(21)6-13(17)20/h4-9H,3H2,1-2H3,(H,25,26)(H2,22,23,24). The van der Waals surface area contributed by atoms with Gasteiger partial charge in [-0.05, 0) is 30.7 Å². The normalized spacial score (nSPS) is 11.6. The van der Waals surface area contributed by atoms with E-state index in [1.54, 1.807) is 12.1 Å². The SMILES string of the molecule is CCc1cc(Nc2cc3onc(NS(=O)(=O)c4ccc(F)cc4Cl)c3cc2OC)n[nH]1. The summed E-state index contributed by atoms with van der Waals surface area (Å²) in [6.45, 7) is 2.00. The van der Waals surface area contributed by atoms with Crippen LogP contribution >= 0.6 is 11.6 Å². The summed E-state index contributed by atoms with van der Waals surface area (Å²) in [7, 11) is -2.67. The molecule has 4 rings (SSSR count). The molecule has 0 fully saturated rings. The Morgan fingerprint density at radius 2 is 2.06 bits per heavy atom. The third-order valence-electron chi connectivity index (χ3n) is 4.48. The number of hydrogen-bond donors (Lipinski definition) is 3. The smallest absolute Gasteiger partial charge is 0.264 e. The molecule has 31 heavy (non-hydrogen) atoms. The van der Waals surface area contributed by atoms with Gasteiger partial charge in [0.05, 0.1) is 23.2 Å². The van der Waals surface area contributed by atoms with E-state index in [2.05, 4.69) is 25.4 Å². The van der Waals surface area contributed by atoms with Crippen LogP contribution in [0.15, 0.2) is 45.8 Å². The highest BCUT2D eigenvalue weighted by molar-refractivity contribution is 7.92. The Hall–Kier alpha value is -3.31. The molecule has 0 saturated carbocycles. The van der Waals surface area contributed by atoms with Gasteiger partial charge in [-0.25, -0.2) is 12.8 Å². The molecule has 0 amide bonds. The quantitative estimate of drug-likeness (QED) is 0.368. The van der Waals surface area contributed by atoms with Crippen LogP contribution in [0.25, 0.3) is 11.0 Å². The van der Waals surface area contributed by atoms with E-state index < -0.39 is 15.8 Å². The molecule has 162 valence electrons. The van der Waals surface area contributed by atoms with Gasteiger partial charge in [0.15, 0.2) is 17.2 Å². The largest absolute Gasteiger partial charge is 0.495 e. The zero-order valence-electron chi connectivity index (χ0n) is 16.4. The maximum atomic E-state index is 13.3. The average Bonchev–Trinajstić information content (AvgIpc) is 3.33. The minimum absolute atomic E-state index is 0.0618. The molecule has 0 spiro atoms. The number of sulfonamides is 1. The molecule has 2 aromatic heterocycles. The van der Waals surface area contributed by atoms with Crippen molar-refractivity contribution in [3.8, 4) is 5.75 Å². The average molecular weight is 466 g/mol. The van der Waals surface area contributed by atoms with Gasteiger partial charge in [-0.1, -0.05) is 23.7 Å². The van der Waals surface area contributed by atoms with Crippen LogP contribution in [0.1, 0.15) is 12.6 Å². The fourth-order valence-corrected chi connectivity index (χ4v) is 4.47. The molecule has 9 nitrogen and oxygen atoms in total. The highest BCUT2D eigenvalue weighted by Gasteiger charge is 2.23. The first kappa shape index (κ1) is 20.9. The van der Waals surface area contributed by atoms with Crippen molar-refractivity contribution in [1.29, 1.82) is 0 Å². The molecule has 0 aliphatic carbocycles. The van der Waals surface area contributed by atoms with E-state index in [4.69, 9.17) is 20.9 Å². The van der Waals surface area contributed by atoms with Gasteiger partial charge in [-0.3, -0.25) is 9.82 Å². The summed E-state index contributed by atoms with van der Waals surface area (Å²) in [5, 5.41) is 14.1. The summed E-state index contributed by atoms with van der Waals surface area (Å²) in [5.41, 5.74) is 1.81. The maximum absolute atomic E-state index is 13.3. The number of nitrogens with one attached hydrogen (secondary N) is 3. The fraction of sp³-hybridized carbons (Fsp3) is 0.158. The number of hydrogen-bond acceptors (Lipinski definition) is 7. The number of nitrogens with zero attached hydrogens (tertiary/aromatic N) is 2. The lowest BCUT2D eigenvalue weighted by Gasteiger charge is -2.10. The van der Waals surface area contributed by atoms with E-state index in [1.165, 1.54) is 7.11 Å². The Balaban J connectivity index is 1.68. The van der Waals surface area contributed by atoms with Crippen LogP contribution < -0.4 is 14.8 Å². The van der Waals surface area contributed by atoms with Gasteiger partial charge in [-0.15, -0.1) is 0 Å². The van der Waals surface area contributed by atoms with Crippen LogP contribution in [0.5, 0.6) is 5.75 Å². The lowest BCUT2D eigenvalue weighted by atomic mass is 10.2. The van der Waals surface area contributed by atoms with Gasteiger partial charge >= 0.3 is 0 Å². The van der Waals surface area contributed by atoms with Crippen LogP contribution in [0.2, 0.25) is 5.02 Å². The number of H-pyrrole nitrogens is 1. The Morgan fingerprint density at radius 1 is 1.26 bits per heavy atom. The van der Waals surface area contributed by atoms with E-state index in [9.17, 15) is 12.8 Å². The molecule has 0 bridgehead atoms. The number of methoxy groups -OCH3 is 1. The van der Waals surface area contributed by atoms with Crippen molar-refractivity contribution in [2.75, 3.05) is 17.1 Å². The number of benzene rings is 2. The number of halogens is 2. The predicted octanol–water partition coefficient (Wildman–Crippen LogP) is 4.46. The third-order valence-corrected chi connectivity index (χ3v) is 6.30. The summed E-state index contributed by atoms with van der Waals surface area (Å²) < 4.78 is 51.7. The zero-order chi connectivity index (χ0) is 22.2. The van der Waals surface area contributed by atoms with Gasteiger partial charge in [0, 0.05) is 17.8 Å². The van der Waals surface area contributed by atoms with Crippen molar-refractivity contribution < 1.29 is 22.1 Å². The van der Waals surface area contributed by atoms with Crippen LogP contribution in [-0.2, 0) is 16.4 Å². The fourth-order valence-electron chi connectivity index (χ4n) is 2.92. The van der Waals surface area contributed by atoms with Crippen molar-refractivity contribution in [2.24, 2.45) is 0 Å². The number of fused-ring (bicyclic) bond motifs is 1. The monoisotopic (exact) mass is 465 g/mol. The van der Waals surface area contributed by atoms with E-state index >= 15 is 0 Å². The van der Waals surface area contributed by atoms with Crippen LogP contribution in [-0.4, -0.2) is 30.9 Å². The Labute approximate surface area is 181 Å². The van der Waals surface area contributed by atoms with Crippen LogP contribution in [0.4, 0.5) is 21.7 Å². The third kappa shape index (κ3) is 4.14. The zero-order valence-corrected chi connectivity index (χ0v) is 17.9. The van der Waals surface area contributed by atoms with Gasteiger partial charge < -0.3 is 14.6 Å². The number of anilines is 3. The molecule has 2 aromatic carbocycles. The molecular weight excluding hydrogens is 449 g/mol. The van der Waals surface area contributed by atoms with E-state index in [1.807, 2.05) is 13.0 Å². The maximum Gasteiger partial charge on any atom is 0.264 e. The molecule has 3 N–H and O–H groups in total. The minimum Gasteiger partial charge on any atom is -0.495 e. The molecule has 4 aromatic rings. The summed E-state index contributed by atoms with van der Waals surface area (Å²) in [5.74, 6) is 0.287. The van der Waals surface area contributed by atoms with Gasteiger partial charge in [-0.2, -0.15) is 5.10 Å². The predicted molar refractivity (Wildman–Crippen MR) is 114 cm³/mol. The van der Waals surface area contributed by atoms with Crippen molar-refractivity contribution in [1.82, 2.24) is 15.4 Å². The lowest BCUT2D eigenvalue weighted by Crippen LogP contribution is -2.14. The first-order valence-corrected chi connectivity index (χ1v) is 10.9. The summed E-state index contributed by atoms with van der Waals surface area (Å²) in [4.78, 5) is -0.290. The summed E-state index contributed by atoms with van der Waals surface area (Å²) >= 11 is 5.89. The molecule has 0 atom stereocenters. The van der Waals surface area contributed by atoms with Crippen molar-refractivity contribution in [2.45, 2.75) is 18.2 Å². The molecular formula is C19H17ClFN5O4S. The van der Waals surface area contributed by atoms with E-state index in [-0.39, 0.29) is 15.7 Å². The molecule has 0 saturated heterocycles. The molecule has 12 heteroatoms. The Morgan fingerprint density at radius 3 is 2.74 bits per heavy atom. The highest BCUT2D eigenvalue weighted by Crippen LogP contribution is 2.36. The second kappa shape index (κ2) is 8.08. The second-order valence-corrected chi connectivity index (χ2v) is 8.58. The molecule has 0 aliphatic rings. The highest BCUT2D eigenvalue weighted by atomic mass is 35.5. The summed E-state index contributed by atoms with van der Waals surface area (Å²) in [6.07, 6.45) is 0.800. The number of ether oxygens (including phenoxy) is 1. The second-order valence-electron chi connectivity index (χ2n) is 6.52. The summed E-state index contributed by atoms with van der Waals surface area (Å²) in [6, 6.07) is 8.03. The molecule has 0 unspecified atom stereocenters. The van der Waals surface area contributed by atoms with E-state index in [0.29, 0.717) is 28.2 Å². The number of rotatable bonds is 7.